The standard InChI is InChI=1S/C25H26N2O5/c1-27(25(12-13-25)23(29)30)22(28)21(15-10-11-15)26-24(31)32-14-20-18-8-4-2-6-16(18)17-7-3-5-9-19(17)20/h2-9,15,20-21H,10-14H2,1H3,(H,26,31)(H,29,30). The Morgan fingerprint density at radius 2 is 1.62 bits per heavy atom. The molecule has 166 valence electrons. The summed E-state index contributed by atoms with van der Waals surface area (Å²) in [4.78, 5) is 38.6. The topological polar surface area (TPSA) is 95.9 Å². The monoisotopic (exact) mass is 434 g/mol. The molecule has 2 aromatic rings. The SMILES string of the molecule is CN(C(=O)C(NC(=O)OCC1c2ccccc2-c2ccccc21)C1CC1)C1(C(=O)O)CC1. The molecule has 5 rings (SSSR count). The average Bonchev–Trinajstić information content (AvgIpc) is 3.72. The summed E-state index contributed by atoms with van der Waals surface area (Å²) < 4.78 is 5.59. The third-order valence-corrected chi connectivity index (χ3v) is 7.07. The van der Waals surface area contributed by atoms with Crippen LogP contribution in [0.2, 0.25) is 0 Å². The largest absolute Gasteiger partial charge is 0.479 e. The number of ether oxygens (including phenoxy) is 1. The fourth-order valence-corrected chi connectivity index (χ4v) is 4.81. The van der Waals surface area contributed by atoms with Crippen LogP contribution in [0, 0.1) is 5.92 Å². The van der Waals surface area contributed by atoms with E-state index >= 15 is 0 Å². The number of carboxylic acid groups (broad SMARTS) is 1. The van der Waals surface area contributed by atoms with Crippen molar-refractivity contribution in [1.29, 1.82) is 0 Å². The molecular weight excluding hydrogens is 408 g/mol. The van der Waals surface area contributed by atoms with E-state index < -0.39 is 23.6 Å². The van der Waals surface area contributed by atoms with E-state index in [4.69, 9.17) is 4.74 Å². The van der Waals surface area contributed by atoms with E-state index in [1.807, 2.05) is 36.4 Å². The van der Waals surface area contributed by atoms with E-state index in [9.17, 15) is 19.5 Å². The molecule has 2 amide bonds. The van der Waals surface area contributed by atoms with Crippen molar-refractivity contribution < 1.29 is 24.2 Å². The Morgan fingerprint density at radius 3 is 2.12 bits per heavy atom. The number of hydrogen-bond acceptors (Lipinski definition) is 4. The minimum atomic E-state index is -1.13. The number of amides is 2. The maximum atomic E-state index is 13.0. The quantitative estimate of drug-likeness (QED) is 0.697. The van der Waals surface area contributed by atoms with Crippen molar-refractivity contribution in [1.82, 2.24) is 10.2 Å². The number of hydrogen-bond donors (Lipinski definition) is 2. The van der Waals surface area contributed by atoms with E-state index in [0.717, 1.165) is 35.1 Å². The molecule has 2 saturated carbocycles. The van der Waals surface area contributed by atoms with Gasteiger partial charge in [-0.2, -0.15) is 0 Å². The normalized spacial score (nSPS) is 18.8. The lowest BCUT2D eigenvalue weighted by Crippen LogP contribution is -2.54. The Bertz CT molecular complexity index is 1040. The van der Waals surface area contributed by atoms with Gasteiger partial charge in [-0.05, 0) is 53.9 Å². The zero-order valence-electron chi connectivity index (χ0n) is 17.9. The van der Waals surface area contributed by atoms with Crippen molar-refractivity contribution in [3.63, 3.8) is 0 Å². The number of aliphatic carboxylic acids is 1. The van der Waals surface area contributed by atoms with E-state index in [-0.39, 0.29) is 24.3 Å². The first-order chi connectivity index (χ1) is 15.4. The summed E-state index contributed by atoms with van der Waals surface area (Å²) in [7, 11) is 1.51. The number of nitrogens with one attached hydrogen (secondary N) is 1. The maximum absolute atomic E-state index is 13.0. The number of likely N-dealkylation sites (N-methyl/N-ethyl adjacent to an activating group) is 1. The third kappa shape index (κ3) is 3.42. The van der Waals surface area contributed by atoms with E-state index in [0.29, 0.717) is 12.8 Å². The third-order valence-electron chi connectivity index (χ3n) is 7.07. The van der Waals surface area contributed by atoms with Gasteiger partial charge in [-0.25, -0.2) is 9.59 Å². The number of fused-ring (bicyclic) bond motifs is 3. The van der Waals surface area contributed by atoms with Gasteiger partial charge in [0.1, 0.15) is 18.2 Å². The maximum Gasteiger partial charge on any atom is 0.407 e. The van der Waals surface area contributed by atoms with Crippen molar-refractivity contribution in [2.45, 2.75) is 43.2 Å². The predicted molar refractivity (Wildman–Crippen MR) is 117 cm³/mol. The summed E-state index contributed by atoms with van der Waals surface area (Å²) in [6.07, 6.45) is 1.88. The molecule has 32 heavy (non-hydrogen) atoms. The summed E-state index contributed by atoms with van der Waals surface area (Å²) in [5, 5.41) is 12.2. The van der Waals surface area contributed by atoms with E-state index in [2.05, 4.69) is 17.4 Å². The van der Waals surface area contributed by atoms with Gasteiger partial charge in [0.2, 0.25) is 5.91 Å². The summed E-state index contributed by atoms with van der Waals surface area (Å²) in [5.74, 6) is -1.40. The van der Waals surface area contributed by atoms with Crippen LogP contribution in [-0.2, 0) is 14.3 Å². The lowest BCUT2D eigenvalue weighted by molar-refractivity contribution is -0.152. The molecule has 7 heteroatoms. The Labute approximate surface area is 186 Å². The predicted octanol–water partition coefficient (Wildman–Crippen LogP) is 3.38. The van der Waals surface area contributed by atoms with Gasteiger partial charge in [0.05, 0.1) is 0 Å². The highest BCUT2D eigenvalue weighted by Gasteiger charge is 2.57. The molecular formula is C25H26N2O5. The van der Waals surface area contributed by atoms with E-state index in [1.165, 1.54) is 11.9 Å². The second kappa shape index (κ2) is 7.65. The Hall–Kier alpha value is -3.35. The van der Waals surface area contributed by atoms with Gasteiger partial charge < -0.3 is 20.1 Å². The summed E-state index contributed by atoms with van der Waals surface area (Å²) >= 11 is 0. The number of rotatable bonds is 7. The molecule has 3 aliphatic rings. The van der Waals surface area contributed by atoms with E-state index in [1.54, 1.807) is 0 Å². The molecule has 2 aromatic carbocycles. The number of alkyl carbamates (subject to hydrolysis) is 1. The van der Waals surface area contributed by atoms with Gasteiger partial charge in [-0.1, -0.05) is 48.5 Å². The van der Waals surface area contributed by atoms with Gasteiger partial charge in [0.15, 0.2) is 0 Å². The summed E-state index contributed by atoms with van der Waals surface area (Å²) in [5.41, 5.74) is 3.40. The molecule has 0 aliphatic heterocycles. The van der Waals surface area contributed by atoms with Crippen LogP contribution >= 0.6 is 0 Å². The first-order valence-electron chi connectivity index (χ1n) is 11.0. The first kappa shape index (κ1) is 20.5. The first-order valence-corrected chi connectivity index (χ1v) is 11.0. The van der Waals surface area contributed by atoms with Crippen LogP contribution in [0.1, 0.15) is 42.7 Å². The Morgan fingerprint density at radius 1 is 1.06 bits per heavy atom. The number of carboxylic acids is 1. The van der Waals surface area contributed by atoms with Gasteiger partial charge in [0.25, 0.3) is 0 Å². The molecule has 0 bridgehead atoms. The molecule has 1 unspecified atom stereocenters. The number of carbonyl (C=O) groups is 3. The highest BCUT2D eigenvalue weighted by molar-refractivity contribution is 5.93. The van der Waals surface area contributed by atoms with Crippen LogP contribution in [0.5, 0.6) is 0 Å². The minimum Gasteiger partial charge on any atom is -0.479 e. The molecule has 0 radical (unpaired) electrons. The molecule has 2 N–H and O–H groups in total. The molecule has 2 fully saturated rings. The zero-order valence-corrected chi connectivity index (χ0v) is 17.9. The molecule has 7 nitrogen and oxygen atoms in total. The van der Waals surface area contributed by atoms with Crippen LogP contribution in [0.25, 0.3) is 11.1 Å². The van der Waals surface area contributed by atoms with Gasteiger partial charge in [-0.3, -0.25) is 4.79 Å². The van der Waals surface area contributed by atoms with Crippen molar-refractivity contribution in [2.24, 2.45) is 5.92 Å². The van der Waals surface area contributed by atoms with Crippen molar-refractivity contribution in [3.05, 3.63) is 59.7 Å². The molecule has 3 aliphatic carbocycles. The minimum absolute atomic E-state index is 0.0232. The molecule has 0 heterocycles. The lowest BCUT2D eigenvalue weighted by atomic mass is 9.98. The summed E-state index contributed by atoms with van der Waals surface area (Å²) in [6, 6.07) is 15.4. The lowest BCUT2D eigenvalue weighted by Gasteiger charge is -2.29. The number of carbonyl (C=O) groups excluding carboxylic acids is 2. The summed E-state index contributed by atoms with van der Waals surface area (Å²) in [6.45, 7) is 0.167. The number of nitrogens with zero attached hydrogens (tertiary/aromatic N) is 1. The molecule has 0 aromatic heterocycles. The highest BCUT2D eigenvalue weighted by Crippen LogP contribution is 2.45. The second-order valence-corrected chi connectivity index (χ2v) is 9.02. The van der Waals surface area contributed by atoms with Gasteiger partial charge in [0, 0.05) is 13.0 Å². The van der Waals surface area contributed by atoms with Crippen LogP contribution in [0.15, 0.2) is 48.5 Å². The van der Waals surface area contributed by atoms with Crippen LogP contribution in [0.4, 0.5) is 4.79 Å². The van der Waals surface area contributed by atoms with Crippen LogP contribution < -0.4 is 5.32 Å². The Balaban J connectivity index is 1.26. The zero-order chi connectivity index (χ0) is 22.5. The Kier molecular flexibility index (Phi) is 4.92. The smallest absolute Gasteiger partial charge is 0.407 e. The number of benzene rings is 2. The van der Waals surface area contributed by atoms with Crippen LogP contribution in [-0.4, -0.2) is 53.2 Å². The van der Waals surface area contributed by atoms with Gasteiger partial charge in [-0.15, -0.1) is 0 Å². The fraction of sp³-hybridized carbons (Fsp3) is 0.400. The van der Waals surface area contributed by atoms with Crippen LogP contribution in [0.3, 0.4) is 0 Å². The highest BCUT2D eigenvalue weighted by atomic mass is 16.5. The van der Waals surface area contributed by atoms with Crippen molar-refractivity contribution in [3.8, 4) is 11.1 Å². The van der Waals surface area contributed by atoms with Crippen molar-refractivity contribution >= 4 is 18.0 Å². The van der Waals surface area contributed by atoms with Crippen molar-refractivity contribution in [2.75, 3.05) is 13.7 Å². The average molecular weight is 434 g/mol. The molecule has 1 atom stereocenters. The van der Waals surface area contributed by atoms with Gasteiger partial charge >= 0.3 is 12.1 Å². The fourth-order valence-electron chi connectivity index (χ4n) is 4.81. The molecule has 0 saturated heterocycles. The molecule has 0 spiro atoms. The second-order valence-electron chi connectivity index (χ2n) is 9.02.